The summed E-state index contributed by atoms with van der Waals surface area (Å²) in [7, 11) is 0. The number of nitrogens with two attached hydrogens (primary N) is 1. The van der Waals surface area contributed by atoms with Crippen molar-refractivity contribution >= 4 is 22.9 Å². The van der Waals surface area contributed by atoms with Gasteiger partial charge in [-0.3, -0.25) is 4.79 Å². The lowest BCUT2D eigenvalue weighted by Gasteiger charge is -2.08. The molecule has 0 fully saturated rings. The molecule has 3 N–H and O–H groups in total. The molecule has 0 bridgehead atoms. The third-order valence-corrected chi connectivity index (χ3v) is 3.48. The Morgan fingerprint density at radius 2 is 2.30 bits per heavy atom. The molecule has 1 heterocycles. The smallest absolute Gasteiger partial charge is 0.256 e. The predicted molar refractivity (Wildman–Crippen MR) is 79.3 cm³/mol. The number of hydrogen-bond acceptors (Lipinski definition) is 3. The van der Waals surface area contributed by atoms with E-state index in [0.717, 1.165) is 4.88 Å². The molecule has 3 nitrogen and oxygen atoms in total. The normalized spacial score (nSPS) is 9.75. The van der Waals surface area contributed by atoms with Crippen LogP contribution in [0.4, 0.5) is 10.1 Å². The first-order valence-electron chi connectivity index (χ1n) is 5.95. The number of nitrogens with one attached hydrogen (secondary N) is 1. The van der Waals surface area contributed by atoms with Gasteiger partial charge in [0, 0.05) is 5.38 Å². The quantitative estimate of drug-likeness (QED) is 0.835. The van der Waals surface area contributed by atoms with Crippen molar-refractivity contribution in [2.45, 2.75) is 6.92 Å². The number of halogens is 1. The Hall–Kier alpha value is -2.16. The van der Waals surface area contributed by atoms with E-state index in [-0.39, 0.29) is 18.1 Å². The maximum atomic E-state index is 13.6. The van der Waals surface area contributed by atoms with Gasteiger partial charge < -0.3 is 11.1 Å². The highest BCUT2D eigenvalue weighted by Crippen LogP contribution is 2.21. The highest BCUT2D eigenvalue weighted by atomic mass is 32.1. The van der Waals surface area contributed by atoms with E-state index in [2.05, 4.69) is 17.2 Å². The van der Waals surface area contributed by atoms with E-state index in [4.69, 9.17) is 5.73 Å². The van der Waals surface area contributed by atoms with Gasteiger partial charge in [-0.15, -0.1) is 11.3 Å². The summed E-state index contributed by atoms with van der Waals surface area (Å²) in [6.07, 6.45) is 0. The summed E-state index contributed by atoms with van der Waals surface area (Å²) in [5.74, 6) is 4.78. The molecule has 0 aliphatic rings. The summed E-state index contributed by atoms with van der Waals surface area (Å²) >= 11 is 1.35. The highest BCUT2D eigenvalue weighted by molar-refractivity contribution is 7.10. The van der Waals surface area contributed by atoms with Crippen molar-refractivity contribution < 1.29 is 9.18 Å². The van der Waals surface area contributed by atoms with E-state index in [1.54, 1.807) is 30.5 Å². The summed E-state index contributed by atoms with van der Waals surface area (Å²) < 4.78 is 13.6. The SMILES string of the molecule is Cc1cccc(F)c1NC(=O)c1csc(C#CCN)c1. The first-order valence-corrected chi connectivity index (χ1v) is 6.83. The van der Waals surface area contributed by atoms with E-state index in [9.17, 15) is 9.18 Å². The van der Waals surface area contributed by atoms with Gasteiger partial charge in [-0.2, -0.15) is 0 Å². The molecule has 0 aliphatic heterocycles. The Labute approximate surface area is 120 Å². The van der Waals surface area contributed by atoms with E-state index in [1.165, 1.54) is 17.4 Å². The van der Waals surface area contributed by atoms with Crippen molar-refractivity contribution in [2.75, 3.05) is 11.9 Å². The summed E-state index contributed by atoms with van der Waals surface area (Å²) in [6.45, 7) is 2.01. The molecule has 5 heteroatoms. The van der Waals surface area contributed by atoms with Crippen LogP contribution in [0, 0.1) is 24.6 Å². The van der Waals surface area contributed by atoms with Crippen molar-refractivity contribution in [2.24, 2.45) is 5.73 Å². The molecule has 1 aromatic carbocycles. The van der Waals surface area contributed by atoms with Crippen molar-refractivity contribution in [3.8, 4) is 11.8 Å². The second-order valence-electron chi connectivity index (χ2n) is 4.09. The molecule has 0 unspecified atom stereocenters. The van der Waals surface area contributed by atoms with Gasteiger partial charge in [-0.05, 0) is 24.6 Å². The Morgan fingerprint density at radius 1 is 1.50 bits per heavy atom. The fourth-order valence-electron chi connectivity index (χ4n) is 1.63. The van der Waals surface area contributed by atoms with Gasteiger partial charge >= 0.3 is 0 Å². The molecule has 2 aromatic rings. The zero-order chi connectivity index (χ0) is 14.5. The molecule has 1 aromatic heterocycles. The van der Waals surface area contributed by atoms with Gasteiger partial charge in [0.05, 0.1) is 22.7 Å². The lowest BCUT2D eigenvalue weighted by Crippen LogP contribution is -2.13. The van der Waals surface area contributed by atoms with Crippen molar-refractivity contribution in [3.63, 3.8) is 0 Å². The fraction of sp³-hybridized carbons (Fsp3) is 0.133. The molecule has 0 atom stereocenters. The van der Waals surface area contributed by atoms with Crippen LogP contribution in [0.25, 0.3) is 0 Å². The standard InChI is InChI=1S/C15H13FN2OS/c1-10-4-2-6-13(16)14(10)18-15(19)11-8-12(20-9-11)5-3-7-17/h2,4,6,8-9H,7,17H2,1H3,(H,18,19). The Kier molecular flexibility index (Phi) is 4.51. The zero-order valence-corrected chi connectivity index (χ0v) is 11.7. The number of carbonyl (C=O) groups excluding carboxylic acids is 1. The molecule has 0 aliphatic carbocycles. The Balaban J connectivity index is 2.18. The molecule has 102 valence electrons. The first kappa shape index (κ1) is 14.3. The molecular weight excluding hydrogens is 275 g/mol. The van der Waals surface area contributed by atoms with Gasteiger partial charge in [0.25, 0.3) is 5.91 Å². The number of rotatable bonds is 2. The molecule has 20 heavy (non-hydrogen) atoms. The van der Waals surface area contributed by atoms with Gasteiger partial charge in [0.15, 0.2) is 0 Å². The summed E-state index contributed by atoms with van der Waals surface area (Å²) in [5, 5.41) is 4.27. The number of hydrogen-bond donors (Lipinski definition) is 2. The van der Waals surface area contributed by atoms with Crippen molar-refractivity contribution in [1.29, 1.82) is 0 Å². The predicted octanol–water partition coefficient (Wildman–Crippen LogP) is 2.76. The van der Waals surface area contributed by atoms with Crippen LogP contribution in [-0.2, 0) is 0 Å². The minimum atomic E-state index is -0.447. The third kappa shape index (κ3) is 3.23. The summed E-state index contributed by atoms with van der Waals surface area (Å²) in [6, 6.07) is 6.32. The molecule has 0 saturated carbocycles. The van der Waals surface area contributed by atoms with Crippen LogP contribution in [-0.4, -0.2) is 12.5 Å². The van der Waals surface area contributed by atoms with Crippen LogP contribution < -0.4 is 11.1 Å². The van der Waals surface area contributed by atoms with Crippen LogP contribution in [0.15, 0.2) is 29.6 Å². The number of carbonyl (C=O) groups is 1. The first-order chi connectivity index (χ1) is 9.61. The lowest BCUT2D eigenvalue weighted by molar-refractivity contribution is 0.102. The number of anilines is 1. The van der Waals surface area contributed by atoms with E-state index >= 15 is 0 Å². The van der Waals surface area contributed by atoms with Crippen LogP contribution >= 0.6 is 11.3 Å². The second kappa shape index (κ2) is 6.33. The Morgan fingerprint density at radius 3 is 3.00 bits per heavy atom. The van der Waals surface area contributed by atoms with Gasteiger partial charge in [-0.25, -0.2) is 4.39 Å². The number of para-hydroxylation sites is 1. The van der Waals surface area contributed by atoms with Crippen LogP contribution in [0.2, 0.25) is 0 Å². The van der Waals surface area contributed by atoms with E-state index < -0.39 is 5.82 Å². The molecule has 1 amide bonds. The maximum absolute atomic E-state index is 13.6. The molecule has 0 spiro atoms. The largest absolute Gasteiger partial charge is 0.320 e. The second-order valence-corrected chi connectivity index (χ2v) is 5.00. The highest BCUT2D eigenvalue weighted by Gasteiger charge is 2.12. The third-order valence-electron chi connectivity index (χ3n) is 2.64. The minimum Gasteiger partial charge on any atom is -0.320 e. The molecule has 2 rings (SSSR count). The average Bonchev–Trinajstić information content (AvgIpc) is 2.89. The topological polar surface area (TPSA) is 55.1 Å². The molecular formula is C15H13FN2OS. The van der Waals surface area contributed by atoms with Gasteiger partial charge in [0.2, 0.25) is 0 Å². The number of benzene rings is 1. The zero-order valence-electron chi connectivity index (χ0n) is 10.9. The number of amides is 1. The van der Waals surface area contributed by atoms with Crippen LogP contribution in [0.5, 0.6) is 0 Å². The van der Waals surface area contributed by atoms with Crippen LogP contribution in [0.3, 0.4) is 0 Å². The van der Waals surface area contributed by atoms with Crippen molar-refractivity contribution in [3.05, 3.63) is 51.5 Å². The van der Waals surface area contributed by atoms with Crippen molar-refractivity contribution in [1.82, 2.24) is 0 Å². The van der Waals surface area contributed by atoms with E-state index in [0.29, 0.717) is 11.1 Å². The monoisotopic (exact) mass is 288 g/mol. The Bertz CT molecular complexity index is 677. The number of aryl methyl sites for hydroxylation is 1. The number of thiophene rings is 1. The summed E-state index contributed by atoms with van der Waals surface area (Å²) in [4.78, 5) is 12.8. The average molecular weight is 288 g/mol. The fourth-order valence-corrected chi connectivity index (χ4v) is 2.39. The minimum absolute atomic E-state index is 0.207. The van der Waals surface area contributed by atoms with Crippen LogP contribution in [0.1, 0.15) is 20.8 Å². The van der Waals surface area contributed by atoms with E-state index in [1.807, 2.05) is 0 Å². The summed E-state index contributed by atoms with van der Waals surface area (Å²) in [5.41, 5.74) is 6.63. The van der Waals surface area contributed by atoms with Gasteiger partial charge in [0.1, 0.15) is 5.82 Å². The molecule has 0 saturated heterocycles. The van der Waals surface area contributed by atoms with Gasteiger partial charge in [-0.1, -0.05) is 24.0 Å². The molecule has 0 radical (unpaired) electrons. The lowest BCUT2D eigenvalue weighted by atomic mass is 10.2. The maximum Gasteiger partial charge on any atom is 0.256 e.